The Morgan fingerprint density at radius 3 is 2.79 bits per heavy atom. The fraction of sp³-hybridized carbons (Fsp3) is 0.143. The molecule has 19 heavy (non-hydrogen) atoms. The van der Waals surface area contributed by atoms with Gasteiger partial charge in [-0.05, 0) is 31.2 Å². The van der Waals surface area contributed by atoms with Gasteiger partial charge in [0.15, 0.2) is 5.82 Å². The van der Waals surface area contributed by atoms with Gasteiger partial charge in [-0.2, -0.15) is 5.10 Å². The van der Waals surface area contributed by atoms with Gasteiger partial charge in [0.2, 0.25) is 0 Å². The Hall–Kier alpha value is -2.56. The first kappa shape index (κ1) is 11.5. The monoisotopic (exact) mass is 253 g/mol. The zero-order valence-electron chi connectivity index (χ0n) is 10.9. The van der Waals surface area contributed by atoms with E-state index in [0.29, 0.717) is 0 Å². The molecule has 96 valence electrons. The summed E-state index contributed by atoms with van der Waals surface area (Å²) in [5, 5.41) is 8.62. The molecule has 5 heteroatoms. The van der Waals surface area contributed by atoms with Crippen LogP contribution in [0.4, 0.5) is 17.2 Å². The van der Waals surface area contributed by atoms with Crippen LogP contribution in [0.3, 0.4) is 0 Å². The van der Waals surface area contributed by atoms with Crippen molar-refractivity contribution in [3.8, 4) is 0 Å². The molecule has 0 saturated heterocycles. The molecule has 0 unspecified atom stereocenters. The van der Waals surface area contributed by atoms with Gasteiger partial charge in [-0.15, -0.1) is 0 Å². The van der Waals surface area contributed by atoms with Crippen LogP contribution in [0.25, 0.3) is 10.9 Å². The molecule has 2 heterocycles. The lowest BCUT2D eigenvalue weighted by Gasteiger charge is -2.09. The SMILES string of the molecule is Cc1cc(Nc2ccn(C)n2)c2cc(N)ccc2n1. The van der Waals surface area contributed by atoms with E-state index in [1.54, 1.807) is 4.68 Å². The molecule has 5 nitrogen and oxygen atoms in total. The van der Waals surface area contributed by atoms with Crippen LogP contribution in [0, 0.1) is 6.92 Å². The molecule has 0 amide bonds. The van der Waals surface area contributed by atoms with E-state index < -0.39 is 0 Å². The number of nitrogens with zero attached hydrogens (tertiary/aromatic N) is 3. The zero-order valence-corrected chi connectivity index (χ0v) is 10.9. The predicted molar refractivity (Wildman–Crippen MR) is 77.4 cm³/mol. The predicted octanol–water partition coefficient (Wildman–Crippen LogP) is 2.60. The molecule has 3 aromatic rings. The largest absolute Gasteiger partial charge is 0.399 e. The fourth-order valence-corrected chi connectivity index (χ4v) is 2.10. The fourth-order valence-electron chi connectivity index (χ4n) is 2.10. The average Bonchev–Trinajstić information content (AvgIpc) is 2.76. The first-order chi connectivity index (χ1) is 9.11. The molecule has 0 bridgehead atoms. The Balaban J connectivity index is 2.13. The van der Waals surface area contributed by atoms with Gasteiger partial charge in [0, 0.05) is 36.1 Å². The van der Waals surface area contributed by atoms with E-state index in [1.807, 2.05) is 50.5 Å². The van der Waals surface area contributed by atoms with E-state index in [9.17, 15) is 0 Å². The first-order valence-electron chi connectivity index (χ1n) is 6.05. The molecule has 0 radical (unpaired) electrons. The summed E-state index contributed by atoms with van der Waals surface area (Å²) in [5.74, 6) is 0.803. The average molecular weight is 253 g/mol. The second-order valence-corrected chi connectivity index (χ2v) is 4.59. The molecular formula is C14H15N5. The van der Waals surface area contributed by atoms with Gasteiger partial charge in [0.25, 0.3) is 0 Å². The number of nitrogens with one attached hydrogen (secondary N) is 1. The number of fused-ring (bicyclic) bond motifs is 1. The summed E-state index contributed by atoms with van der Waals surface area (Å²) in [6, 6.07) is 9.64. The number of hydrogen-bond acceptors (Lipinski definition) is 4. The minimum atomic E-state index is 0.724. The van der Waals surface area contributed by atoms with E-state index in [0.717, 1.165) is 33.8 Å². The molecule has 0 spiro atoms. The van der Waals surface area contributed by atoms with Crippen molar-refractivity contribution in [2.75, 3.05) is 11.1 Å². The smallest absolute Gasteiger partial charge is 0.152 e. The number of aryl methyl sites for hydroxylation is 2. The van der Waals surface area contributed by atoms with Crippen molar-refractivity contribution in [2.24, 2.45) is 7.05 Å². The molecule has 0 aliphatic carbocycles. The Kier molecular flexibility index (Phi) is 2.59. The summed E-state index contributed by atoms with van der Waals surface area (Å²) in [5.41, 5.74) is 9.42. The van der Waals surface area contributed by atoms with Crippen molar-refractivity contribution >= 4 is 28.1 Å². The molecule has 0 saturated carbocycles. The van der Waals surface area contributed by atoms with Gasteiger partial charge in [-0.3, -0.25) is 9.67 Å². The van der Waals surface area contributed by atoms with Crippen molar-refractivity contribution in [3.63, 3.8) is 0 Å². The van der Waals surface area contributed by atoms with Crippen molar-refractivity contribution < 1.29 is 0 Å². The second-order valence-electron chi connectivity index (χ2n) is 4.59. The first-order valence-corrected chi connectivity index (χ1v) is 6.05. The van der Waals surface area contributed by atoms with Crippen LogP contribution < -0.4 is 11.1 Å². The lowest BCUT2D eigenvalue weighted by atomic mass is 10.1. The Morgan fingerprint density at radius 2 is 2.05 bits per heavy atom. The Labute approximate surface area is 111 Å². The van der Waals surface area contributed by atoms with Crippen molar-refractivity contribution in [3.05, 3.63) is 42.2 Å². The maximum atomic E-state index is 5.85. The third-order valence-electron chi connectivity index (χ3n) is 2.94. The molecular weight excluding hydrogens is 238 g/mol. The van der Waals surface area contributed by atoms with Crippen LogP contribution in [0.15, 0.2) is 36.5 Å². The number of aromatic nitrogens is 3. The lowest BCUT2D eigenvalue weighted by molar-refractivity contribution is 0.771. The van der Waals surface area contributed by atoms with Gasteiger partial charge < -0.3 is 11.1 Å². The van der Waals surface area contributed by atoms with E-state index in [-0.39, 0.29) is 0 Å². The summed E-state index contributed by atoms with van der Waals surface area (Å²) in [6.45, 7) is 1.97. The van der Waals surface area contributed by atoms with E-state index in [4.69, 9.17) is 5.73 Å². The van der Waals surface area contributed by atoms with Crippen LogP contribution in [0.2, 0.25) is 0 Å². The van der Waals surface area contributed by atoms with Gasteiger partial charge in [-0.1, -0.05) is 0 Å². The van der Waals surface area contributed by atoms with Crippen LogP contribution in [-0.2, 0) is 7.05 Å². The molecule has 0 aliphatic heterocycles. The third kappa shape index (κ3) is 2.22. The number of benzene rings is 1. The van der Waals surface area contributed by atoms with Gasteiger partial charge in [0.05, 0.1) is 11.2 Å². The molecule has 0 atom stereocenters. The highest BCUT2D eigenvalue weighted by atomic mass is 15.3. The van der Waals surface area contributed by atoms with Crippen molar-refractivity contribution in [1.29, 1.82) is 0 Å². The summed E-state index contributed by atoms with van der Waals surface area (Å²) in [4.78, 5) is 4.50. The van der Waals surface area contributed by atoms with E-state index in [1.165, 1.54) is 0 Å². The summed E-state index contributed by atoms with van der Waals surface area (Å²) < 4.78 is 1.76. The molecule has 3 rings (SSSR count). The maximum absolute atomic E-state index is 5.85. The number of rotatable bonds is 2. The molecule has 1 aromatic carbocycles. The van der Waals surface area contributed by atoms with Gasteiger partial charge in [-0.25, -0.2) is 0 Å². The Morgan fingerprint density at radius 1 is 1.21 bits per heavy atom. The number of nitrogen functional groups attached to an aromatic ring is 1. The topological polar surface area (TPSA) is 68.8 Å². The highest BCUT2D eigenvalue weighted by Gasteiger charge is 2.06. The number of pyridine rings is 1. The maximum Gasteiger partial charge on any atom is 0.152 e. The normalized spacial score (nSPS) is 10.8. The van der Waals surface area contributed by atoms with Crippen LogP contribution in [0.5, 0.6) is 0 Å². The highest BCUT2D eigenvalue weighted by Crippen LogP contribution is 2.27. The standard InChI is InChI=1S/C14H15N5/c1-9-7-13(17-14-5-6-19(2)18-14)11-8-10(15)3-4-12(11)16-9/h3-8H,15H2,1-2H3,(H,16,17,18). The number of hydrogen-bond donors (Lipinski definition) is 2. The van der Waals surface area contributed by atoms with Crippen LogP contribution in [0.1, 0.15) is 5.69 Å². The number of nitrogens with two attached hydrogens (primary N) is 1. The number of anilines is 3. The lowest BCUT2D eigenvalue weighted by Crippen LogP contribution is -1.97. The third-order valence-corrected chi connectivity index (χ3v) is 2.94. The molecule has 0 aliphatic rings. The second kappa shape index (κ2) is 4.28. The molecule has 0 fully saturated rings. The van der Waals surface area contributed by atoms with Crippen LogP contribution >= 0.6 is 0 Å². The van der Waals surface area contributed by atoms with Crippen molar-refractivity contribution in [1.82, 2.24) is 14.8 Å². The van der Waals surface area contributed by atoms with E-state index >= 15 is 0 Å². The summed E-state index contributed by atoms with van der Waals surface area (Å²) in [6.07, 6.45) is 1.90. The minimum Gasteiger partial charge on any atom is -0.399 e. The molecule has 3 N–H and O–H groups in total. The van der Waals surface area contributed by atoms with Crippen molar-refractivity contribution in [2.45, 2.75) is 6.92 Å². The van der Waals surface area contributed by atoms with Gasteiger partial charge in [0.1, 0.15) is 0 Å². The summed E-state index contributed by atoms with van der Waals surface area (Å²) in [7, 11) is 1.89. The van der Waals surface area contributed by atoms with Crippen LogP contribution in [-0.4, -0.2) is 14.8 Å². The zero-order chi connectivity index (χ0) is 13.4. The molecule has 2 aromatic heterocycles. The quantitative estimate of drug-likeness (QED) is 0.689. The highest BCUT2D eigenvalue weighted by molar-refractivity contribution is 5.94. The minimum absolute atomic E-state index is 0.724. The van der Waals surface area contributed by atoms with Gasteiger partial charge >= 0.3 is 0 Å². The summed E-state index contributed by atoms with van der Waals surface area (Å²) >= 11 is 0. The Bertz CT molecular complexity index is 745. The van der Waals surface area contributed by atoms with E-state index in [2.05, 4.69) is 15.4 Å².